The number of para-hydroxylation sites is 2. The molecule has 138 valence electrons. The number of benzene rings is 2. The third-order valence-corrected chi connectivity index (χ3v) is 5.54. The number of carbonyl (C=O) groups excluding carboxylic acids is 1. The Morgan fingerprint density at radius 1 is 1.04 bits per heavy atom. The molecule has 3 fully saturated rings. The first-order valence-electron chi connectivity index (χ1n) is 9.02. The fraction of sp³-hybridized carbons (Fsp3) is 0.381. The van der Waals surface area contributed by atoms with E-state index in [9.17, 15) is 4.79 Å². The lowest BCUT2D eigenvalue weighted by Gasteiger charge is -2.49. The van der Waals surface area contributed by atoms with Crippen molar-refractivity contribution in [2.45, 2.75) is 18.9 Å². The standard InChI is InChI=1S/C21H24N2O2.ClH/c1-25-20-10-6-5-9-18(20)23(21(24)17-7-3-2-4-8-17)19-15-22-13-11-16(19)12-14-22;/h2-10,16,19H,11-15H2,1H3;1H. The summed E-state index contributed by atoms with van der Waals surface area (Å²) in [5.41, 5.74) is 1.60. The molecule has 4 nitrogen and oxygen atoms in total. The van der Waals surface area contributed by atoms with Gasteiger partial charge >= 0.3 is 0 Å². The molecule has 3 heterocycles. The second-order valence-electron chi connectivity index (χ2n) is 6.92. The summed E-state index contributed by atoms with van der Waals surface area (Å²) in [4.78, 5) is 17.9. The Bertz CT molecular complexity index is 745. The van der Waals surface area contributed by atoms with E-state index in [1.165, 1.54) is 12.8 Å². The number of piperidine rings is 3. The van der Waals surface area contributed by atoms with Gasteiger partial charge in [0.25, 0.3) is 5.91 Å². The molecule has 3 saturated heterocycles. The van der Waals surface area contributed by atoms with Crippen LogP contribution in [0.3, 0.4) is 0 Å². The van der Waals surface area contributed by atoms with Crippen molar-refractivity contribution in [3.63, 3.8) is 0 Å². The fourth-order valence-electron chi connectivity index (χ4n) is 4.21. The molecule has 3 aliphatic rings. The highest BCUT2D eigenvalue weighted by Crippen LogP contribution is 2.38. The number of hydrogen-bond acceptors (Lipinski definition) is 3. The van der Waals surface area contributed by atoms with E-state index in [0.29, 0.717) is 5.92 Å². The van der Waals surface area contributed by atoms with Crippen molar-refractivity contribution in [3.8, 4) is 5.75 Å². The van der Waals surface area contributed by atoms with Crippen LogP contribution in [0.25, 0.3) is 0 Å². The first-order valence-corrected chi connectivity index (χ1v) is 9.02. The van der Waals surface area contributed by atoms with Crippen LogP contribution >= 0.6 is 12.4 Å². The van der Waals surface area contributed by atoms with Crippen LogP contribution in [0.4, 0.5) is 5.69 Å². The van der Waals surface area contributed by atoms with E-state index < -0.39 is 0 Å². The Labute approximate surface area is 161 Å². The highest BCUT2D eigenvalue weighted by Gasteiger charge is 2.40. The predicted octanol–water partition coefficient (Wildman–Crippen LogP) is 3.86. The minimum absolute atomic E-state index is 0. The molecule has 0 spiro atoms. The lowest BCUT2D eigenvalue weighted by atomic mass is 9.82. The summed E-state index contributed by atoms with van der Waals surface area (Å²) in [7, 11) is 1.67. The molecule has 2 bridgehead atoms. The molecule has 26 heavy (non-hydrogen) atoms. The van der Waals surface area contributed by atoms with Crippen LogP contribution < -0.4 is 9.64 Å². The third kappa shape index (κ3) is 3.44. The van der Waals surface area contributed by atoms with Crippen molar-refractivity contribution >= 4 is 24.0 Å². The van der Waals surface area contributed by atoms with Gasteiger partial charge < -0.3 is 14.5 Å². The molecule has 3 aliphatic heterocycles. The van der Waals surface area contributed by atoms with E-state index in [1.807, 2.05) is 59.5 Å². The van der Waals surface area contributed by atoms with Gasteiger partial charge in [0.2, 0.25) is 0 Å². The summed E-state index contributed by atoms with van der Waals surface area (Å²) in [6.45, 7) is 3.25. The second kappa shape index (κ2) is 8.11. The molecule has 1 amide bonds. The van der Waals surface area contributed by atoms with E-state index in [0.717, 1.165) is 36.6 Å². The Balaban J connectivity index is 0.00000196. The van der Waals surface area contributed by atoms with Crippen LogP contribution in [0.5, 0.6) is 5.75 Å². The van der Waals surface area contributed by atoms with Crippen LogP contribution in [0.1, 0.15) is 23.2 Å². The van der Waals surface area contributed by atoms with Gasteiger partial charge in [-0.05, 0) is 56.1 Å². The highest BCUT2D eigenvalue weighted by atomic mass is 35.5. The number of halogens is 1. The van der Waals surface area contributed by atoms with E-state index in [-0.39, 0.29) is 24.4 Å². The van der Waals surface area contributed by atoms with Crippen LogP contribution in [0.15, 0.2) is 54.6 Å². The number of rotatable bonds is 4. The number of amides is 1. The molecular formula is C21H25ClN2O2. The Morgan fingerprint density at radius 2 is 1.69 bits per heavy atom. The molecule has 0 saturated carbocycles. The molecule has 0 radical (unpaired) electrons. The zero-order valence-electron chi connectivity index (χ0n) is 15.0. The third-order valence-electron chi connectivity index (χ3n) is 5.54. The van der Waals surface area contributed by atoms with Crippen molar-refractivity contribution in [2.75, 3.05) is 31.6 Å². The maximum absolute atomic E-state index is 13.4. The molecular weight excluding hydrogens is 348 g/mol. The van der Waals surface area contributed by atoms with Crippen LogP contribution in [-0.2, 0) is 0 Å². The zero-order chi connectivity index (χ0) is 17.2. The summed E-state index contributed by atoms with van der Waals surface area (Å²) in [5, 5.41) is 0. The van der Waals surface area contributed by atoms with Gasteiger partial charge in [-0.15, -0.1) is 12.4 Å². The van der Waals surface area contributed by atoms with Crippen molar-refractivity contribution < 1.29 is 9.53 Å². The highest BCUT2D eigenvalue weighted by molar-refractivity contribution is 6.07. The summed E-state index contributed by atoms with van der Waals surface area (Å²) in [5.74, 6) is 1.37. The zero-order valence-corrected chi connectivity index (χ0v) is 15.8. The van der Waals surface area contributed by atoms with Crippen molar-refractivity contribution in [1.29, 1.82) is 0 Å². The minimum atomic E-state index is 0. The maximum Gasteiger partial charge on any atom is 0.258 e. The molecule has 0 aliphatic carbocycles. The normalized spacial score (nSPS) is 23.8. The Hall–Kier alpha value is -2.04. The van der Waals surface area contributed by atoms with Crippen molar-refractivity contribution in [1.82, 2.24) is 4.90 Å². The molecule has 2 aromatic rings. The van der Waals surface area contributed by atoms with E-state index >= 15 is 0 Å². The second-order valence-corrected chi connectivity index (χ2v) is 6.92. The largest absolute Gasteiger partial charge is 0.495 e. The van der Waals surface area contributed by atoms with Gasteiger partial charge in [-0.2, -0.15) is 0 Å². The summed E-state index contributed by atoms with van der Waals surface area (Å²) >= 11 is 0. The summed E-state index contributed by atoms with van der Waals surface area (Å²) in [6, 6.07) is 17.6. The molecule has 2 aromatic carbocycles. The number of anilines is 1. The van der Waals surface area contributed by atoms with E-state index in [1.54, 1.807) is 7.11 Å². The van der Waals surface area contributed by atoms with Crippen molar-refractivity contribution in [2.24, 2.45) is 5.92 Å². The molecule has 0 aromatic heterocycles. The topological polar surface area (TPSA) is 32.8 Å². The van der Waals surface area contributed by atoms with E-state index in [4.69, 9.17) is 4.74 Å². The molecule has 1 unspecified atom stereocenters. The van der Waals surface area contributed by atoms with Crippen LogP contribution in [0, 0.1) is 5.92 Å². The lowest BCUT2D eigenvalue weighted by molar-refractivity contribution is 0.0732. The quantitative estimate of drug-likeness (QED) is 0.817. The number of nitrogens with zero attached hydrogens (tertiary/aromatic N) is 2. The lowest BCUT2D eigenvalue weighted by Crippen LogP contribution is -2.59. The SMILES string of the molecule is COc1ccccc1N(C(=O)c1ccccc1)C1CN2CCC1CC2.Cl. The average Bonchev–Trinajstić information content (AvgIpc) is 2.70. The van der Waals surface area contributed by atoms with E-state index in [2.05, 4.69) is 4.90 Å². The van der Waals surface area contributed by atoms with Gasteiger partial charge in [-0.3, -0.25) is 4.79 Å². The smallest absolute Gasteiger partial charge is 0.258 e. The Kier molecular flexibility index (Phi) is 5.84. The number of hydrogen-bond donors (Lipinski definition) is 0. The van der Waals surface area contributed by atoms with Crippen LogP contribution in [0.2, 0.25) is 0 Å². The average molecular weight is 373 g/mol. The van der Waals surface area contributed by atoms with Gasteiger partial charge in [0, 0.05) is 12.1 Å². The predicted molar refractivity (Wildman–Crippen MR) is 106 cm³/mol. The van der Waals surface area contributed by atoms with Gasteiger partial charge in [0.1, 0.15) is 5.75 Å². The van der Waals surface area contributed by atoms with Gasteiger partial charge in [0.15, 0.2) is 0 Å². The molecule has 0 N–H and O–H groups in total. The van der Waals surface area contributed by atoms with Crippen molar-refractivity contribution in [3.05, 3.63) is 60.2 Å². The summed E-state index contributed by atoms with van der Waals surface area (Å²) in [6.07, 6.45) is 2.33. The monoisotopic (exact) mass is 372 g/mol. The molecule has 5 rings (SSSR count). The first-order chi connectivity index (χ1) is 12.3. The molecule has 1 atom stereocenters. The molecule has 5 heteroatoms. The van der Waals surface area contributed by atoms with Gasteiger partial charge in [-0.1, -0.05) is 30.3 Å². The number of methoxy groups -OCH3 is 1. The Morgan fingerprint density at radius 3 is 2.31 bits per heavy atom. The van der Waals surface area contributed by atoms with Gasteiger partial charge in [-0.25, -0.2) is 0 Å². The number of ether oxygens (including phenoxy) is 1. The number of fused-ring (bicyclic) bond motifs is 3. The fourth-order valence-corrected chi connectivity index (χ4v) is 4.21. The first kappa shape index (κ1) is 18.7. The number of carbonyl (C=O) groups is 1. The van der Waals surface area contributed by atoms with Gasteiger partial charge in [0.05, 0.1) is 18.8 Å². The maximum atomic E-state index is 13.4. The summed E-state index contributed by atoms with van der Waals surface area (Å²) < 4.78 is 5.58. The van der Waals surface area contributed by atoms with Crippen LogP contribution in [-0.4, -0.2) is 43.6 Å². The minimum Gasteiger partial charge on any atom is -0.495 e.